The lowest BCUT2D eigenvalue weighted by Crippen LogP contribution is -1.91. The predicted molar refractivity (Wildman–Crippen MR) is 96.3 cm³/mol. The summed E-state index contributed by atoms with van der Waals surface area (Å²) in [5, 5.41) is 1.01. The van der Waals surface area contributed by atoms with Gasteiger partial charge in [-0.25, -0.2) is 9.97 Å². The largest absolute Gasteiger partial charge is 0.397 e. The Hall–Kier alpha value is -1.92. The lowest BCUT2D eigenvalue weighted by Gasteiger charge is -2.04. The molecule has 0 fully saturated rings. The second-order valence-corrected chi connectivity index (χ2v) is 7.06. The van der Waals surface area contributed by atoms with Crippen LogP contribution in [0.1, 0.15) is 11.3 Å². The van der Waals surface area contributed by atoms with Gasteiger partial charge in [0.25, 0.3) is 0 Å². The third-order valence-corrected chi connectivity index (χ3v) is 6.10. The minimum Gasteiger partial charge on any atom is -0.397 e. The molecule has 3 heterocycles. The smallest absolute Gasteiger partial charge is 0.150 e. The van der Waals surface area contributed by atoms with Gasteiger partial charge in [-0.15, -0.1) is 11.3 Å². The third kappa shape index (κ3) is 1.87. The molecule has 0 radical (unpaired) electrons. The first-order valence-corrected chi connectivity index (χ1v) is 8.47. The van der Waals surface area contributed by atoms with Crippen LogP contribution in [0, 0.1) is 13.8 Å². The molecule has 0 unspecified atom stereocenters. The zero-order valence-electron chi connectivity index (χ0n) is 12.1. The number of thiophene rings is 1. The number of imidazole rings is 1. The van der Waals surface area contributed by atoms with Crippen molar-refractivity contribution < 1.29 is 0 Å². The molecule has 22 heavy (non-hydrogen) atoms. The molecule has 4 aromatic rings. The topological polar surface area (TPSA) is 67.6 Å². The number of aryl methyl sites for hydroxylation is 2. The minimum atomic E-state index is 0.741. The molecule has 4 rings (SSSR count). The summed E-state index contributed by atoms with van der Waals surface area (Å²) >= 11 is 5.17. The molecule has 0 bridgehead atoms. The molecule has 0 saturated carbocycles. The van der Waals surface area contributed by atoms with Crippen molar-refractivity contribution in [2.45, 2.75) is 13.8 Å². The van der Waals surface area contributed by atoms with Gasteiger partial charge in [-0.2, -0.15) is 0 Å². The zero-order chi connectivity index (χ0) is 15.4. The average Bonchev–Trinajstić information content (AvgIpc) is 3.06. The summed E-state index contributed by atoms with van der Waals surface area (Å²) in [5.41, 5.74) is 11.2. The van der Waals surface area contributed by atoms with Crippen LogP contribution in [0.2, 0.25) is 0 Å². The van der Waals surface area contributed by atoms with Gasteiger partial charge in [0.05, 0.1) is 27.3 Å². The Kier molecular flexibility index (Phi) is 2.99. The van der Waals surface area contributed by atoms with E-state index in [0.29, 0.717) is 0 Å². The van der Waals surface area contributed by atoms with Gasteiger partial charge >= 0.3 is 0 Å². The first kappa shape index (κ1) is 13.7. The van der Waals surface area contributed by atoms with Crippen molar-refractivity contribution in [1.29, 1.82) is 0 Å². The lowest BCUT2D eigenvalue weighted by atomic mass is 10.1. The fourth-order valence-corrected chi connectivity index (χ4v) is 4.12. The maximum absolute atomic E-state index is 6.40. The fourth-order valence-electron chi connectivity index (χ4n) is 2.69. The van der Waals surface area contributed by atoms with E-state index in [4.69, 9.17) is 5.73 Å². The molecule has 0 atom stereocenters. The number of fused-ring (bicyclic) bond motifs is 2. The standard InChI is InChI=1S/C16H13BrN4S/c1-7-11-13(18)14(22-16(11)19-8(2)12(7)17)15-20-9-5-3-4-6-10(9)21-15/h3-6H,18H2,1-2H3,(H,20,21). The van der Waals surface area contributed by atoms with E-state index in [1.807, 2.05) is 31.2 Å². The Morgan fingerprint density at radius 3 is 2.73 bits per heavy atom. The Morgan fingerprint density at radius 2 is 1.95 bits per heavy atom. The quantitative estimate of drug-likeness (QED) is 0.504. The number of aromatic amines is 1. The highest BCUT2D eigenvalue weighted by atomic mass is 79.9. The first-order chi connectivity index (χ1) is 10.6. The molecule has 3 N–H and O–H groups in total. The van der Waals surface area contributed by atoms with Gasteiger partial charge in [-0.3, -0.25) is 0 Å². The van der Waals surface area contributed by atoms with Crippen LogP contribution in [0.5, 0.6) is 0 Å². The second kappa shape index (κ2) is 4.79. The Balaban J connectivity index is 2.03. The molecule has 6 heteroatoms. The summed E-state index contributed by atoms with van der Waals surface area (Å²) in [7, 11) is 0. The summed E-state index contributed by atoms with van der Waals surface area (Å²) in [4.78, 5) is 14.5. The summed E-state index contributed by atoms with van der Waals surface area (Å²) in [6, 6.07) is 7.97. The number of halogens is 1. The summed E-state index contributed by atoms with van der Waals surface area (Å²) < 4.78 is 1.01. The molecule has 4 nitrogen and oxygen atoms in total. The number of hydrogen-bond acceptors (Lipinski definition) is 4. The molecular weight excluding hydrogens is 360 g/mol. The maximum atomic E-state index is 6.40. The highest BCUT2D eigenvalue weighted by molar-refractivity contribution is 9.10. The van der Waals surface area contributed by atoms with E-state index in [9.17, 15) is 0 Å². The molecule has 0 saturated heterocycles. The molecule has 110 valence electrons. The van der Waals surface area contributed by atoms with Crippen molar-refractivity contribution in [2.24, 2.45) is 0 Å². The number of pyridine rings is 1. The Bertz CT molecular complexity index is 999. The number of hydrogen-bond donors (Lipinski definition) is 2. The minimum absolute atomic E-state index is 0.741. The molecule has 0 aliphatic carbocycles. The summed E-state index contributed by atoms with van der Waals surface area (Å²) in [6.07, 6.45) is 0. The van der Waals surface area contributed by atoms with Crippen LogP contribution < -0.4 is 5.73 Å². The van der Waals surface area contributed by atoms with Gasteiger partial charge in [0.2, 0.25) is 0 Å². The number of anilines is 1. The number of nitrogens with two attached hydrogens (primary N) is 1. The van der Waals surface area contributed by atoms with E-state index in [0.717, 1.165) is 53.4 Å². The van der Waals surface area contributed by atoms with Gasteiger partial charge < -0.3 is 10.7 Å². The monoisotopic (exact) mass is 372 g/mol. The lowest BCUT2D eigenvalue weighted by molar-refractivity contribution is 1.22. The number of aromatic nitrogens is 3. The number of nitrogens with zero attached hydrogens (tertiary/aromatic N) is 2. The third-order valence-electron chi connectivity index (χ3n) is 3.82. The highest BCUT2D eigenvalue weighted by Gasteiger charge is 2.19. The number of nitrogen functional groups attached to an aromatic ring is 1. The Labute approximate surface area is 139 Å². The van der Waals surface area contributed by atoms with Crippen LogP contribution in [-0.2, 0) is 0 Å². The molecule has 0 spiro atoms. The van der Waals surface area contributed by atoms with Crippen molar-refractivity contribution in [3.63, 3.8) is 0 Å². The normalized spacial score (nSPS) is 11.6. The molecule has 1 aromatic carbocycles. The van der Waals surface area contributed by atoms with E-state index in [1.54, 1.807) is 11.3 Å². The van der Waals surface area contributed by atoms with Gasteiger partial charge in [0.15, 0.2) is 5.82 Å². The van der Waals surface area contributed by atoms with E-state index >= 15 is 0 Å². The molecule has 3 aromatic heterocycles. The Morgan fingerprint density at radius 1 is 1.18 bits per heavy atom. The number of nitrogens with one attached hydrogen (secondary N) is 1. The van der Waals surface area contributed by atoms with Crippen molar-refractivity contribution in [1.82, 2.24) is 15.0 Å². The molecular formula is C16H13BrN4S. The molecule has 0 amide bonds. The zero-order valence-corrected chi connectivity index (χ0v) is 14.5. The van der Waals surface area contributed by atoms with Gasteiger partial charge in [-0.05, 0) is 47.5 Å². The van der Waals surface area contributed by atoms with Crippen LogP contribution in [0.25, 0.3) is 32.0 Å². The van der Waals surface area contributed by atoms with Gasteiger partial charge in [0, 0.05) is 9.86 Å². The SMILES string of the molecule is Cc1nc2sc(-c3nc4ccccc4[nH]3)c(N)c2c(C)c1Br. The fraction of sp³-hybridized carbons (Fsp3) is 0.125. The highest BCUT2D eigenvalue weighted by Crippen LogP contribution is 2.42. The second-order valence-electron chi connectivity index (χ2n) is 5.26. The number of para-hydroxylation sites is 2. The van der Waals surface area contributed by atoms with Crippen molar-refractivity contribution in [2.75, 3.05) is 5.73 Å². The van der Waals surface area contributed by atoms with Crippen LogP contribution in [0.15, 0.2) is 28.7 Å². The summed E-state index contributed by atoms with van der Waals surface area (Å²) in [6.45, 7) is 4.06. The van der Waals surface area contributed by atoms with Crippen LogP contribution in [0.4, 0.5) is 5.69 Å². The predicted octanol–water partition coefficient (Wildman–Crippen LogP) is 4.80. The molecule has 0 aliphatic heterocycles. The van der Waals surface area contributed by atoms with Crippen LogP contribution >= 0.6 is 27.3 Å². The van der Waals surface area contributed by atoms with E-state index < -0.39 is 0 Å². The number of benzene rings is 1. The van der Waals surface area contributed by atoms with E-state index in [2.05, 4.69) is 37.8 Å². The molecule has 0 aliphatic rings. The van der Waals surface area contributed by atoms with Gasteiger partial charge in [-0.1, -0.05) is 12.1 Å². The van der Waals surface area contributed by atoms with Crippen molar-refractivity contribution in [3.05, 3.63) is 40.0 Å². The first-order valence-electron chi connectivity index (χ1n) is 6.86. The van der Waals surface area contributed by atoms with Crippen molar-refractivity contribution in [3.8, 4) is 10.7 Å². The van der Waals surface area contributed by atoms with Crippen LogP contribution in [0.3, 0.4) is 0 Å². The number of rotatable bonds is 1. The number of H-pyrrole nitrogens is 1. The van der Waals surface area contributed by atoms with Crippen molar-refractivity contribution >= 4 is 54.2 Å². The van der Waals surface area contributed by atoms with E-state index in [-0.39, 0.29) is 0 Å². The van der Waals surface area contributed by atoms with Crippen LogP contribution in [-0.4, -0.2) is 15.0 Å². The van der Waals surface area contributed by atoms with Gasteiger partial charge in [0.1, 0.15) is 4.83 Å². The average molecular weight is 373 g/mol. The maximum Gasteiger partial charge on any atom is 0.150 e. The summed E-state index contributed by atoms with van der Waals surface area (Å²) in [5.74, 6) is 0.801. The van der Waals surface area contributed by atoms with E-state index in [1.165, 1.54) is 0 Å².